The molecule has 0 amide bonds. The number of nitrogens with one attached hydrogen (secondary N) is 1. The van der Waals surface area contributed by atoms with E-state index in [1.54, 1.807) is 0 Å². The van der Waals surface area contributed by atoms with Crippen LogP contribution in [0, 0.1) is 11.6 Å². The maximum absolute atomic E-state index is 13.6. The summed E-state index contributed by atoms with van der Waals surface area (Å²) in [5.74, 6) is -1.17. The van der Waals surface area contributed by atoms with Crippen molar-refractivity contribution in [1.82, 2.24) is 5.32 Å². The predicted octanol–water partition coefficient (Wildman–Crippen LogP) is 4.49. The molecular weight excluding hydrogens is 288 g/mol. The van der Waals surface area contributed by atoms with Gasteiger partial charge in [0.15, 0.2) is 0 Å². The SMILES string of the molecule is CNCc1ccc(Sc2ccc(F)cc2F)c(Cl)c1. The maximum atomic E-state index is 13.6. The van der Waals surface area contributed by atoms with Gasteiger partial charge >= 0.3 is 0 Å². The van der Waals surface area contributed by atoms with Crippen LogP contribution < -0.4 is 5.32 Å². The first kappa shape index (κ1) is 14.3. The Kier molecular flexibility index (Phi) is 4.80. The van der Waals surface area contributed by atoms with Gasteiger partial charge in [-0.05, 0) is 36.9 Å². The van der Waals surface area contributed by atoms with Gasteiger partial charge < -0.3 is 5.32 Å². The number of hydrogen-bond acceptors (Lipinski definition) is 2. The average molecular weight is 300 g/mol. The van der Waals surface area contributed by atoms with E-state index in [1.165, 1.54) is 23.9 Å². The van der Waals surface area contributed by atoms with Crippen LogP contribution in [-0.4, -0.2) is 7.05 Å². The zero-order chi connectivity index (χ0) is 13.8. The second-order valence-electron chi connectivity index (χ2n) is 3.97. The minimum absolute atomic E-state index is 0.352. The summed E-state index contributed by atoms with van der Waals surface area (Å²) in [7, 11) is 1.85. The van der Waals surface area contributed by atoms with E-state index in [2.05, 4.69) is 5.32 Å². The van der Waals surface area contributed by atoms with Crippen LogP contribution in [0.4, 0.5) is 8.78 Å². The summed E-state index contributed by atoms with van der Waals surface area (Å²) < 4.78 is 26.4. The highest BCUT2D eigenvalue weighted by molar-refractivity contribution is 7.99. The van der Waals surface area contributed by atoms with E-state index >= 15 is 0 Å². The molecule has 100 valence electrons. The molecule has 0 saturated carbocycles. The second kappa shape index (κ2) is 6.37. The molecule has 0 aromatic heterocycles. The van der Waals surface area contributed by atoms with E-state index in [0.29, 0.717) is 9.92 Å². The van der Waals surface area contributed by atoms with E-state index in [4.69, 9.17) is 11.6 Å². The molecule has 0 aliphatic carbocycles. The fraction of sp³-hybridized carbons (Fsp3) is 0.143. The van der Waals surface area contributed by atoms with E-state index in [9.17, 15) is 8.78 Å². The molecule has 0 heterocycles. The van der Waals surface area contributed by atoms with Crippen molar-refractivity contribution in [3.05, 3.63) is 58.6 Å². The van der Waals surface area contributed by atoms with Crippen molar-refractivity contribution in [2.45, 2.75) is 16.3 Å². The lowest BCUT2D eigenvalue weighted by Gasteiger charge is -2.07. The highest BCUT2D eigenvalue weighted by Crippen LogP contribution is 2.35. The molecule has 0 saturated heterocycles. The van der Waals surface area contributed by atoms with Crippen LogP contribution >= 0.6 is 23.4 Å². The van der Waals surface area contributed by atoms with E-state index < -0.39 is 11.6 Å². The summed E-state index contributed by atoms with van der Waals surface area (Å²) in [6, 6.07) is 9.10. The number of rotatable bonds is 4. The lowest BCUT2D eigenvalue weighted by atomic mass is 10.2. The fourth-order valence-electron chi connectivity index (χ4n) is 1.62. The van der Waals surface area contributed by atoms with Crippen LogP contribution in [0.3, 0.4) is 0 Å². The second-order valence-corrected chi connectivity index (χ2v) is 5.46. The van der Waals surface area contributed by atoms with Gasteiger partial charge in [-0.15, -0.1) is 0 Å². The Balaban J connectivity index is 2.23. The van der Waals surface area contributed by atoms with Gasteiger partial charge in [-0.25, -0.2) is 8.78 Å². The third-order valence-electron chi connectivity index (χ3n) is 2.49. The van der Waals surface area contributed by atoms with Crippen molar-refractivity contribution in [3.8, 4) is 0 Å². The van der Waals surface area contributed by atoms with Crippen molar-refractivity contribution in [1.29, 1.82) is 0 Å². The van der Waals surface area contributed by atoms with Gasteiger partial charge in [-0.1, -0.05) is 29.4 Å². The molecule has 19 heavy (non-hydrogen) atoms. The molecule has 1 nitrogen and oxygen atoms in total. The Morgan fingerprint density at radius 1 is 1.11 bits per heavy atom. The Bertz CT molecular complexity index is 590. The summed E-state index contributed by atoms with van der Waals surface area (Å²) >= 11 is 7.34. The zero-order valence-electron chi connectivity index (χ0n) is 10.2. The number of halogens is 3. The summed E-state index contributed by atoms with van der Waals surface area (Å²) in [4.78, 5) is 1.09. The van der Waals surface area contributed by atoms with E-state index in [1.807, 2.05) is 25.2 Å². The van der Waals surface area contributed by atoms with Gasteiger partial charge in [0.1, 0.15) is 11.6 Å². The normalized spacial score (nSPS) is 10.7. The standard InChI is InChI=1S/C14H12ClF2NS/c1-18-8-9-2-4-13(11(15)6-9)19-14-5-3-10(16)7-12(14)17/h2-7,18H,8H2,1H3. The third kappa shape index (κ3) is 3.69. The molecule has 0 unspecified atom stereocenters. The van der Waals surface area contributed by atoms with Crippen LogP contribution in [0.15, 0.2) is 46.2 Å². The van der Waals surface area contributed by atoms with Crippen molar-refractivity contribution in [3.63, 3.8) is 0 Å². The van der Waals surface area contributed by atoms with E-state index in [0.717, 1.165) is 23.1 Å². The van der Waals surface area contributed by atoms with Gasteiger partial charge in [0, 0.05) is 22.4 Å². The minimum atomic E-state index is -0.586. The third-order valence-corrected chi connectivity index (χ3v) is 4.04. The van der Waals surface area contributed by atoms with Gasteiger partial charge in [-0.3, -0.25) is 0 Å². The van der Waals surface area contributed by atoms with Crippen LogP contribution in [0.1, 0.15) is 5.56 Å². The lowest BCUT2D eigenvalue weighted by Crippen LogP contribution is -2.04. The van der Waals surface area contributed by atoms with Crippen molar-refractivity contribution < 1.29 is 8.78 Å². The maximum Gasteiger partial charge on any atom is 0.140 e. The van der Waals surface area contributed by atoms with Crippen molar-refractivity contribution in [2.24, 2.45) is 0 Å². The molecule has 0 aliphatic rings. The van der Waals surface area contributed by atoms with Crippen LogP contribution in [0.25, 0.3) is 0 Å². The highest BCUT2D eigenvalue weighted by Gasteiger charge is 2.09. The van der Waals surface area contributed by atoms with Gasteiger partial charge in [0.05, 0.1) is 5.02 Å². The van der Waals surface area contributed by atoms with Gasteiger partial charge in [0.25, 0.3) is 0 Å². The Labute approximate surface area is 120 Å². The first-order chi connectivity index (χ1) is 9.10. The molecule has 0 atom stereocenters. The monoisotopic (exact) mass is 299 g/mol. The highest BCUT2D eigenvalue weighted by atomic mass is 35.5. The molecule has 0 bridgehead atoms. The minimum Gasteiger partial charge on any atom is -0.316 e. The Hall–Kier alpha value is -1.10. The zero-order valence-corrected chi connectivity index (χ0v) is 11.8. The van der Waals surface area contributed by atoms with Gasteiger partial charge in [-0.2, -0.15) is 0 Å². The number of hydrogen-bond donors (Lipinski definition) is 1. The number of benzene rings is 2. The Morgan fingerprint density at radius 2 is 1.84 bits per heavy atom. The molecule has 0 spiro atoms. The van der Waals surface area contributed by atoms with Crippen LogP contribution in [0.2, 0.25) is 5.02 Å². The van der Waals surface area contributed by atoms with Crippen molar-refractivity contribution in [2.75, 3.05) is 7.05 Å². The molecule has 0 radical (unpaired) electrons. The summed E-state index contributed by atoms with van der Waals surface area (Å²) in [5.41, 5.74) is 1.05. The van der Waals surface area contributed by atoms with Gasteiger partial charge in [0.2, 0.25) is 0 Å². The van der Waals surface area contributed by atoms with Crippen molar-refractivity contribution >= 4 is 23.4 Å². The molecule has 2 rings (SSSR count). The lowest BCUT2D eigenvalue weighted by molar-refractivity contribution is 0.565. The average Bonchev–Trinajstić information content (AvgIpc) is 2.36. The topological polar surface area (TPSA) is 12.0 Å². The predicted molar refractivity (Wildman–Crippen MR) is 74.7 cm³/mol. The summed E-state index contributed by atoms with van der Waals surface area (Å²) in [6.45, 7) is 0.718. The first-order valence-corrected chi connectivity index (χ1v) is 6.85. The molecular formula is C14H12ClF2NS. The Morgan fingerprint density at radius 3 is 2.47 bits per heavy atom. The van der Waals surface area contributed by atoms with E-state index in [-0.39, 0.29) is 0 Å². The molecule has 0 fully saturated rings. The first-order valence-electron chi connectivity index (χ1n) is 5.66. The summed E-state index contributed by atoms with van der Waals surface area (Å²) in [6.07, 6.45) is 0. The molecule has 2 aromatic carbocycles. The van der Waals surface area contributed by atoms with Crippen LogP contribution in [-0.2, 0) is 6.54 Å². The molecule has 0 aliphatic heterocycles. The fourth-order valence-corrected chi connectivity index (χ4v) is 2.76. The largest absolute Gasteiger partial charge is 0.316 e. The van der Waals surface area contributed by atoms with Crippen LogP contribution in [0.5, 0.6) is 0 Å². The summed E-state index contributed by atoms with van der Waals surface area (Å²) in [5, 5.41) is 3.59. The quantitative estimate of drug-likeness (QED) is 0.893. The smallest absolute Gasteiger partial charge is 0.140 e. The molecule has 2 aromatic rings. The molecule has 1 N–H and O–H groups in total. The molecule has 5 heteroatoms.